The standard InChI is InChI=1S/C22H22F3NO4/c1-13(27)30-10-9-18-19(14-3-6-17(29-2)7-4-14)12-15-11-16(22(23,24)25)5-8-20(15)26-21(18)28/h3-8,11,18-19H,9-10,12H2,1-2H3,(H,26,28)/t18-,19+/m1/s1. The summed E-state index contributed by atoms with van der Waals surface area (Å²) >= 11 is 0. The third-order valence-electron chi connectivity index (χ3n) is 5.23. The van der Waals surface area contributed by atoms with Gasteiger partial charge in [0.15, 0.2) is 0 Å². The Morgan fingerprint density at radius 1 is 1.17 bits per heavy atom. The molecule has 5 nitrogen and oxygen atoms in total. The summed E-state index contributed by atoms with van der Waals surface area (Å²) in [5, 5.41) is 2.74. The van der Waals surface area contributed by atoms with Gasteiger partial charge in [-0.2, -0.15) is 13.2 Å². The molecule has 0 bridgehead atoms. The Labute approximate surface area is 172 Å². The molecular formula is C22H22F3NO4. The zero-order valence-corrected chi connectivity index (χ0v) is 16.6. The molecule has 1 amide bonds. The molecule has 2 aromatic carbocycles. The molecule has 1 aliphatic heterocycles. The molecule has 0 fully saturated rings. The van der Waals surface area contributed by atoms with Gasteiger partial charge < -0.3 is 14.8 Å². The van der Waals surface area contributed by atoms with E-state index < -0.39 is 29.5 Å². The molecule has 0 unspecified atom stereocenters. The Balaban J connectivity index is 1.99. The topological polar surface area (TPSA) is 64.6 Å². The van der Waals surface area contributed by atoms with E-state index in [2.05, 4.69) is 5.32 Å². The summed E-state index contributed by atoms with van der Waals surface area (Å²) in [4.78, 5) is 24.1. The molecule has 2 atom stereocenters. The molecule has 160 valence electrons. The number of fused-ring (bicyclic) bond motifs is 1. The number of nitrogens with one attached hydrogen (secondary N) is 1. The molecule has 0 saturated carbocycles. The van der Waals surface area contributed by atoms with Crippen LogP contribution in [0.5, 0.6) is 5.75 Å². The predicted molar refractivity (Wildman–Crippen MR) is 104 cm³/mol. The van der Waals surface area contributed by atoms with Crippen molar-refractivity contribution in [1.29, 1.82) is 0 Å². The summed E-state index contributed by atoms with van der Waals surface area (Å²) in [6.45, 7) is 1.33. The van der Waals surface area contributed by atoms with Gasteiger partial charge in [0, 0.05) is 18.5 Å². The van der Waals surface area contributed by atoms with E-state index in [0.29, 0.717) is 17.0 Å². The fourth-order valence-electron chi connectivity index (χ4n) is 3.71. The average molecular weight is 421 g/mol. The van der Waals surface area contributed by atoms with Crippen LogP contribution in [0.25, 0.3) is 0 Å². The van der Waals surface area contributed by atoms with Crippen molar-refractivity contribution in [3.05, 3.63) is 59.2 Å². The fraction of sp³-hybridized carbons (Fsp3) is 0.364. The van der Waals surface area contributed by atoms with Crippen molar-refractivity contribution in [3.63, 3.8) is 0 Å². The molecule has 0 aromatic heterocycles. The summed E-state index contributed by atoms with van der Waals surface area (Å²) in [6, 6.07) is 10.4. The summed E-state index contributed by atoms with van der Waals surface area (Å²) in [5.41, 5.74) is 0.807. The molecule has 1 aliphatic rings. The highest BCUT2D eigenvalue weighted by Crippen LogP contribution is 2.40. The van der Waals surface area contributed by atoms with E-state index in [-0.39, 0.29) is 25.4 Å². The first-order valence-corrected chi connectivity index (χ1v) is 9.47. The number of methoxy groups -OCH3 is 1. The molecular weight excluding hydrogens is 399 g/mol. The number of hydrogen-bond acceptors (Lipinski definition) is 4. The number of halogens is 3. The van der Waals surface area contributed by atoms with E-state index in [0.717, 1.165) is 17.7 Å². The highest BCUT2D eigenvalue weighted by molar-refractivity contribution is 5.95. The van der Waals surface area contributed by atoms with Crippen LogP contribution in [0, 0.1) is 5.92 Å². The number of esters is 1. The van der Waals surface area contributed by atoms with Gasteiger partial charge in [-0.15, -0.1) is 0 Å². The second kappa shape index (κ2) is 8.77. The lowest BCUT2D eigenvalue weighted by molar-refractivity contribution is -0.142. The Bertz CT molecular complexity index is 925. The molecule has 8 heteroatoms. The molecule has 3 rings (SSSR count). The number of rotatable bonds is 5. The van der Waals surface area contributed by atoms with Gasteiger partial charge in [-0.3, -0.25) is 9.59 Å². The molecule has 0 saturated heterocycles. The Morgan fingerprint density at radius 2 is 1.87 bits per heavy atom. The molecule has 0 radical (unpaired) electrons. The third-order valence-corrected chi connectivity index (χ3v) is 5.23. The molecule has 30 heavy (non-hydrogen) atoms. The van der Waals surface area contributed by atoms with E-state index in [1.807, 2.05) is 0 Å². The fourth-order valence-corrected chi connectivity index (χ4v) is 3.71. The van der Waals surface area contributed by atoms with Gasteiger partial charge in [0.1, 0.15) is 5.75 Å². The van der Waals surface area contributed by atoms with Crippen molar-refractivity contribution in [3.8, 4) is 5.75 Å². The number of carbonyl (C=O) groups is 2. The summed E-state index contributed by atoms with van der Waals surface area (Å²) in [5.74, 6) is -1.12. The maximum Gasteiger partial charge on any atom is 0.416 e. The first kappa shape index (κ1) is 21.7. The average Bonchev–Trinajstić information content (AvgIpc) is 2.83. The maximum atomic E-state index is 13.2. The van der Waals surface area contributed by atoms with Crippen molar-refractivity contribution in [1.82, 2.24) is 0 Å². The van der Waals surface area contributed by atoms with Crippen LogP contribution in [0.2, 0.25) is 0 Å². The third kappa shape index (κ3) is 4.93. The largest absolute Gasteiger partial charge is 0.497 e. The predicted octanol–water partition coefficient (Wildman–Crippen LogP) is 4.56. The second-order valence-electron chi connectivity index (χ2n) is 7.18. The minimum Gasteiger partial charge on any atom is -0.497 e. The van der Waals surface area contributed by atoms with Crippen LogP contribution < -0.4 is 10.1 Å². The van der Waals surface area contributed by atoms with E-state index in [4.69, 9.17) is 9.47 Å². The molecule has 0 spiro atoms. The van der Waals surface area contributed by atoms with Crippen molar-refractivity contribution in [2.45, 2.75) is 31.9 Å². The van der Waals surface area contributed by atoms with E-state index in [1.54, 1.807) is 24.3 Å². The minimum atomic E-state index is -4.48. The van der Waals surface area contributed by atoms with Gasteiger partial charge >= 0.3 is 12.1 Å². The van der Waals surface area contributed by atoms with Gasteiger partial charge in [0.2, 0.25) is 5.91 Å². The normalized spacial score (nSPS) is 18.8. The Kier molecular flexibility index (Phi) is 6.34. The smallest absolute Gasteiger partial charge is 0.416 e. The zero-order chi connectivity index (χ0) is 21.9. The molecule has 1 N–H and O–H groups in total. The number of alkyl halides is 3. The van der Waals surface area contributed by atoms with Gasteiger partial charge in [-0.25, -0.2) is 0 Å². The van der Waals surface area contributed by atoms with Gasteiger partial charge in [-0.1, -0.05) is 12.1 Å². The lowest BCUT2D eigenvalue weighted by Gasteiger charge is -2.24. The highest BCUT2D eigenvalue weighted by Gasteiger charge is 2.36. The van der Waals surface area contributed by atoms with Crippen LogP contribution in [0.3, 0.4) is 0 Å². The quantitative estimate of drug-likeness (QED) is 0.719. The SMILES string of the molecule is COc1ccc([C@@H]2Cc3cc(C(F)(F)F)ccc3NC(=O)[C@@H]2CCOC(C)=O)cc1. The Hall–Kier alpha value is -3.03. The minimum absolute atomic E-state index is 0.0459. The van der Waals surface area contributed by atoms with E-state index in [9.17, 15) is 22.8 Å². The lowest BCUT2D eigenvalue weighted by Crippen LogP contribution is -2.28. The number of benzene rings is 2. The first-order valence-electron chi connectivity index (χ1n) is 9.47. The number of hydrogen-bond donors (Lipinski definition) is 1. The van der Waals surface area contributed by atoms with Crippen molar-refractivity contribution in [2.75, 3.05) is 19.0 Å². The number of amides is 1. The monoisotopic (exact) mass is 421 g/mol. The van der Waals surface area contributed by atoms with Crippen LogP contribution >= 0.6 is 0 Å². The molecule has 0 aliphatic carbocycles. The van der Waals surface area contributed by atoms with Crippen molar-refractivity contribution < 1.29 is 32.2 Å². The zero-order valence-electron chi connectivity index (χ0n) is 16.6. The second-order valence-corrected chi connectivity index (χ2v) is 7.18. The summed E-state index contributed by atoms with van der Waals surface area (Å²) in [6.07, 6.45) is -3.99. The summed E-state index contributed by atoms with van der Waals surface area (Å²) < 4.78 is 49.8. The Morgan fingerprint density at radius 3 is 2.47 bits per heavy atom. The van der Waals surface area contributed by atoms with Crippen LogP contribution in [0.4, 0.5) is 18.9 Å². The van der Waals surface area contributed by atoms with Crippen LogP contribution in [0.15, 0.2) is 42.5 Å². The van der Waals surface area contributed by atoms with E-state index in [1.165, 1.54) is 20.1 Å². The van der Waals surface area contributed by atoms with Crippen molar-refractivity contribution in [2.24, 2.45) is 5.92 Å². The number of carbonyl (C=O) groups excluding carboxylic acids is 2. The highest BCUT2D eigenvalue weighted by atomic mass is 19.4. The van der Waals surface area contributed by atoms with Crippen LogP contribution in [-0.2, 0) is 26.9 Å². The lowest BCUT2D eigenvalue weighted by atomic mass is 9.80. The number of anilines is 1. The molecule has 2 aromatic rings. The van der Waals surface area contributed by atoms with Crippen molar-refractivity contribution >= 4 is 17.6 Å². The maximum absolute atomic E-state index is 13.2. The van der Waals surface area contributed by atoms with Gasteiger partial charge in [0.25, 0.3) is 0 Å². The van der Waals surface area contributed by atoms with Crippen LogP contribution in [-0.4, -0.2) is 25.6 Å². The molecule has 1 heterocycles. The van der Waals surface area contributed by atoms with Crippen LogP contribution in [0.1, 0.15) is 36.0 Å². The number of ether oxygens (including phenoxy) is 2. The summed E-state index contributed by atoms with van der Waals surface area (Å²) in [7, 11) is 1.53. The van der Waals surface area contributed by atoms with Gasteiger partial charge in [0.05, 0.1) is 19.3 Å². The van der Waals surface area contributed by atoms with E-state index >= 15 is 0 Å². The van der Waals surface area contributed by atoms with Gasteiger partial charge in [-0.05, 0) is 60.2 Å². The first-order chi connectivity index (χ1) is 14.2.